The molecule has 2 nitrogen and oxygen atoms in total. The average Bonchev–Trinajstić information content (AvgIpc) is 2.59. The summed E-state index contributed by atoms with van der Waals surface area (Å²) in [5.41, 5.74) is 1.33. The van der Waals surface area contributed by atoms with Gasteiger partial charge in [0.05, 0.1) is 12.7 Å². The molecule has 0 aliphatic heterocycles. The minimum Gasteiger partial charge on any atom is -0.374 e. The largest absolute Gasteiger partial charge is 0.374 e. The van der Waals surface area contributed by atoms with Crippen LogP contribution in [0.4, 0.5) is 0 Å². The van der Waals surface area contributed by atoms with Gasteiger partial charge in [0.2, 0.25) is 0 Å². The SMILES string of the molecule is CC.CC.CC/C=C(C)\C=C/COC1CC(N(CC)CCCC)C1. The highest BCUT2D eigenvalue weighted by Crippen LogP contribution is 2.28. The van der Waals surface area contributed by atoms with Gasteiger partial charge in [0.1, 0.15) is 0 Å². The summed E-state index contributed by atoms with van der Waals surface area (Å²) in [5, 5.41) is 0. The van der Waals surface area contributed by atoms with Gasteiger partial charge >= 0.3 is 0 Å². The van der Waals surface area contributed by atoms with Crippen LogP contribution in [0.3, 0.4) is 0 Å². The van der Waals surface area contributed by atoms with E-state index < -0.39 is 0 Å². The molecule has 1 saturated carbocycles. The number of hydrogen-bond acceptors (Lipinski definition) is 2. The lowest BCUT2D eigenvalue weighted by molar-refractivity contribution is -0.0397. The van der Waals surface area contributed by atoms with Crippen LogP contribution in [0.15, 0.2) is 23.8 Å². The van der Waals surface area contributed by atoms with Crippen molar-refractivity contribution in [3.05, 3.63) is 23.8 Å². The van der Waals surface area contributed by atoms with Gasteiger partial charge in [-0.05, 0) is 45.7 Å². The van der Waals surface area contributed by atoms with Crippen molar-refractivity contribution in [2.75, 3.05) is 19.7 Å². The van der Waals surface area contributed by atoms with E-state index in [1.807, 2.05) is 27.7 Å². The Morgan fingerprint density at radius 1 is 1.08 bits per heavy atom. The van der Waals surface area contributed by atoms with Crippen molar-refractivity contribution in [1.82, 2.24) is 4.90 Å². The van der Waals surface area contributed by atoms with Crippen LogP contribution in [0.1, 0.15) is 87.5 Å². The quantitative estimate of drug-likeness (QED) is 0.415. The van der Waals surface area contributed by atoms with Crippen LogP contribution in [0.25, 0.3) is 0 Å². The van der Waals surface area contributed by atoms with E-state index in [1.54, 1.807) is 0 Å². The molecular weight excluding hydrogens is 294 g/mol. The molecule has 1 rings (SSSR count). The molecule has 144 valence electrons. The minimum absolute atomic E-state index is 0.482. The van der Waals surface area contributed by atoms with E-state index in [9.17, 15) is 0 Å². The van der Waals surface area contributed by atoms with Crippen LogP contribution in [0, 0.1) is 0 Å². The van der Waals surface area contributed by atoms with Gasteiger partial charge in [-0.15, -0.1) is 0 Å². The standard InChI is InChI=1S/C18H33NO.2C2H6/c1-5-8-12-19(7-3)17-14-18(15-17)20-13-9-11-16(4)10-6-2;2*1-2/h9-11,17-18H,5-8,12-15H2,1-4H3;2*1-2H3/b11-9-,16-10-;;. The van der Waals surface area contributed by atoms with Crippen molar-refractivity contribution in [1.29, 1.82) is 0 Å². The summed E-state index contributed by atoms with van der Waals surface area (Å²) >= 11 is 0. The molecule has 0 radical (unpaired) electrons. The van der Waals surface area contributed by atoms with Crippen molar-refractivity contribution in [3.63, 3.8) is 0 Å². The summed E-state index contributed by atoms with van der Waals surface area (Å²) in [5.74, 6) is 0. The molecule has 0 aromatic heterocycles. The van der Waals surface area contributed by atoms with Gasteiger partial charge in [0, 0.05) is 6.04 Å². The number of rotatable bonds is 10. The van der Waals surface area contributed by atoms with Crippen LogP contribution in [-0.2, 0) is 4.74 Å². The van der Waals surface area contributed by atoms with Gasteiger partial charge in [-0.3, -0.25) is 0 Å². The van der Waals surface area contributed by atoms with Gasteiger partial charge in [0.15, 0.2) is 0 Å². The molecule has 0 bridgehead atoms. The molecule has 1 fully saturated rings. The van der Waals surface area contributed by atoms with Crippen LogP contribution in [0.5, 0.6) is 0 Å². The number of hydrogen-bond donors (Lipinski definition) is 0. The van der Waals surface area contributed by atoms with E-state index in [4.69, 9.17) is 4.74 Å². The van der Waals surface area contributed by atoms with Gasteiger partial charge in [0.25, 0.3) is 0 Å². The lowest BCUT2D eigenvalue weighted by Gasteiger charge is -2.42. The second-order valence-electron chi connectivity index (χ2n) is 5.82. The number of unbranched alkanes of at least 4 members (excludes halogenated alkanes) is 1. The van der Waals surface area contributed by atoms with E-state index in [1.165, 1.54) is 44.3 Å². The van der Waals surface area contributed by atoms with Gasteiger partial charge in [-0.2, -0.15) is 0 Å². The Kier molecular flexibility index (Phi) is 20.0. The van der Waals surface area contributed by atoms with Crippen LogP contribution >= 0.6 is 0 Å². The van der Waals surface area contributed by atoms with Crippen molar-refractivity contribution in [3.8, 4) is 0 Å². The summed E-state index contributed by atoms with van der Waals surface area (Å²) < 4.78 is 5.90. The molecule has 0 saturated heterocycles. The number of ether oxygens (including phenoxy) is 1. The summed E-state index contributed by atoms with van der Waals surface area (Å²) in [4.78, 5) is 2.62. The van der Waals surface area contributed by atoms with Gasteiger partial charge in [-0.25, -0.2) is 0 Å². The molecule has 0 amide bonds. The summed E-state index contributed by atoms with van der Waals surface area (Å²) in [6.07, 6.45) is 13.2. The first-order chi connectivity index (χ1) is 11.7. The van der Waals surface area contributed by atoms with E-state index in [2.05, 4.69) is 50.8 Å². The topological polar surface area (TPSA) is 12.5 Å². The molecule has 2 heteroatoms. The molecule has 0 atom stereocenters. The molecule has 0 aromatic rings. The highest BCUT2D eigenvalue weighted by Gasteiger charge is 2.33. The predicted octanol–water partition coefficient (Wildman–Crippen LogP) is 6.62. The Morgan fingerprint density at radius 2 is 1.71 bits per heavy atom. The lowest BCUT2D eigenvalue weighted by atomic mass is 9.87. The smallest absolute Gasteiger partial charge is 0.0654 e. The van der Waals surface area contributed by atoms with Crippen LogP contribution < -0.4 is 0 Å². The zero-order valence-electron chi connectivity index (χ0n) is 17.9. The molecule has 24 heavy (non-hydrogen) atoms. The predicted molar refractivity (Wildman–Crippen MR) is 111 cm³/mol. The first-order valence-electron chi connectivity index (χ1n) is 10.4. The fraction of sp³-hybridized carbons (Fsp3) is 0.818. The summed E-state index contributed by atoms with van der Waals surface area (Å²) in [6, 6.07) is 0.766. The summed E-state index contributed by atoms with van der Waals surface area (Å²) in [7, 11) is 0. The normalized spacial score (nSPS) is 20.1. The van der Waals surface area contributed by atoms with E-state index in [0.29, 0.717) is 6.10 Å². The Bertz CT molecular complexity index is 303. The maximum Gasteiger partial charge on any atom is 0.0654 e. The molecule has 0 spiro atoms. The number of allylic oxidation sites excluding steroid dienone is 3. The maximum absolute atomic E-state index is 5.90. The lowest BCUT2D eigenvalue weighted by Crippen LogP contribution is -2.48. The third-order valence-corrected chi connectivity index (χ3v) is 4.13. The highest BCUT2D eigenvalue weighted by molar-refractivity contribution is 5.15. The molecule has 0 unspecified atom stereocenters. The van der Waals surface area contributed by atoms with Crippen molar-refractivity contribution >= 4 is 0 Å². The van der Waals surface area contributed by atoms with E-state index >= 15 is 0 Å². The zero-order valence-corrected chi connectivity index (χ0v) is 17.9. The van der Waals surface area contributed by atoms with Crippen LogP contribution in [0.2, 0.25) is 0 Å². The molecule has 0 N–H and O–H groups in total. The molecule has 0 heterocycles. The molecular formula is C22H45NO. The van der Waals surface area contributed by atoms with E-state index in [0.717, 1.165) is 19.1 Å². The minimum atomic E-state index is 0.482. The highest BCUT2D eigenvalue weighted by atomic mass is 16.5. The van der Waals surface area contributed by atoms with Crippen molar-refractivity contribution in [2.45, 2.75) is 99.6 Å². The first kappa shape index (κ1) is 25.6. The third-order valence-electron chi connectivity index (χ3n) is 4.13. The third kappa shape index (κ3) is 11.9. The first-order valence-corrected chi connectivity index (χ1v) is 10.4. The molecule has 1 aliphatic carbocycles. The molecule has 0 aromatic carbocycles. The summed E-state index contributed by atoms with van der Waals surface area (Å²) in [6.45, 7) is 20.0. The second-order valence-corrected chi connectivity index (χ2v) is 5.82. The Labute approximate surface area is 153 Å². The Hall–Kier alpha value is -0.600. The van der Waals surface area contributed by atoms with Crippen LogP contribution in [-0.4, -0.2) is 36.7 Å². The fourth-order valence-electron chi connectivity index (χ4n) is 2.75. The Morgan fingerprint density at radius 3 is 2.21 bits per heavy atom. The van der Waals surface area contributed by atoms with Crippen molar-refractivity contribution < 1.29 is 4.74 Å². The fourth-order valence-corrected chi connectivity index (χ4v) is 2.75. The maximum atomic E-state index is 5.90. The zero-order chi connectivity index (χ0) is 18.8. The number of nitrogens with zero attached hydrogens (tertiary/aromatic N) is 1. The van der Waals surface area contributed by atoms with Gasteiger partial charge in [-0.1, -0.05) is 78.7 Å². The van der Waals surface area contributed by atoms with Gasteiger partial charge < -0.3 is 9.64 Å². The second kappa shape index (κ2) is 18.7. The molecule has 1 aliphatic rings. The average molecular weight is 340 g/mol. The van der Waals surface area contributed by atoms with Crippen molar-refractivity contribution in [2.24, 2.45) is 0 Å². The van der Waals surface area contributed by atoms with E-state index in [-0.39, 0.29) is 0 Å². The Balaban J connectivity index is 0. The monoisotopic (exact) mass is 339 g/mol.